The summed E-state index contributed by atoms with van der Waals surface area (Å²) in [4.78, 5) is 52.4. The number of piperidine rings is 2. The zero-order valence-corrected chi connectivity index (χ0v) is 15.8. The van der Waals surface area contributed by atoms with Crippen molar-refractivity contribution in [2.45, 2.75) is 32.2 Å². The molecule has 3 aliphatic heterocycles. The van der Waals surface area contributed by atoms with E-state index in [1.165, 1.54) is 0 Å². The van der Waals surface area contributed by atoms with Gasteiger partial charge in [-0.15, -0.1) is 0 Å². The largest absolute Gasteiger partial charge is 0.371 e. The number of carbonyl (C=O) groups is 4. The molecule has 148 valence electrons. The average molecular weight is 384 g/mol. The van der Waals surface area contributed by atoms with Gasteiger partial charge in [0.15, 0.2) is 0 Å². The van der Waals surface area contributed by atoms with Crippen LogP contribution in [0.5, 0.6) is 0 Å². The van der Waals surface area contributed by atoms with Crippen molar-refractivity contribution in [1.29, 1.82) is 0 Å². The van der Waals surface area contributed by atoms with E-state index >= 15 is 0 Å². The number of imide groups is 2. The van der Waals surface area contributed by atoms with Gasteiger partial charge in [0.1, 0.15) is 6.04 Å². The smallest absolute Gasteiger partial charge is 0.262 e. The van der Waals surface area contributed by atoms with Crippen molar-refractivity contribution in [2.75, 3.05) is 24.5 Å². The number of benzene rings is 1. The predicted molar refractivity (Wildman–Crippen MR) is 102 cm³/mol. The summed E-state index contributed by atoms with van der Waals surface area (Å²) in [7, 11) is 0. The highest BCUT2D eigenvalue weighted by Gasteiger charge is 2.44. The fraction of sp³-hybridized carbons (Fsp3) is 0.500. The Balaban J connectivity index is 1.59. The van der Waals surface area contributed by atoms with Crippen LogP contribution in [0.25, 0.3) is 0 Å². The van der Waals surface area contributed by atoms with Gasteiger partial charge >= 0.3 is 0 Å². The van der Waals surface area contributed by atoms with Crippen molar-refractivity contribution in [3.63, 3.8) is 0 Å². The molecule has 0 spiro atoms. The van der Waals surface area contributed by atoms with E-state index in [4.69, 9.17) is 5.73 Å². The van der Waals surface area contributed by atoms with Crippen molar-refractivity contribution < 1.29 is 19.2 Å². The molecule has 28 heavy (non-hydrogen) atoms. The minimum absolute atomic E-state index is 0.113. The van der Waals surface area contributed by atoms with Crippen LogP contribution in [0.4, 0.5) is 5.69 Å². The Morgan fingerprint density at radius 2 is 1.86 bits per heavy atom. The van der Waals surface area contributed by atoms with E-state index in [0.717, 1.165) is 30.1 Å². The third kappa shape index (κ3) is 2.97. The fourth-order valence-corrected chi connectivity index (χ4v) is 4.35. The molecule has 4 amide bonds. The quantitative estimate of drug-likeness (QED) is 0.734. The molecule has 0 aromatic heterocycles. The molecule has 3 aliphatic rings. The van der Waals surface area contributed by atoms with Gasteiger partial charge in [-0.05, 0) is 49.4 Å². The molecule has 3 atom stereocenters. The Kier molecular flexibility index (Phi) is 4.66. The summed E-state index contributed by atoms with van der Waals surface area (Å²) < 4.78 is 0. The lowest BCUT2D eigenvalue weighted by atomic mass is 9.87. The topological polar surface area (TPSA) is 113 Å². The minimum Gasteiger partial charge on any atom is -0.371 e. The van der Waals surface area contributed by atoms with E-state index in [-0.39, 0.29) is 18.7 Å². The van der Waals surface area contributed by atoms with Crippen LogP contribution in [-0.4, -0.2) is 54.2 Å². The maximum Gasteiger partial charge on any atom is 0.262 e. The normalized spacial score (nSPS) is 27.9. The first-order valence-electron chi connectivity index (χ1n) is 9.71. The van der Waals surface area contributed by atoms with E-state index < -0.39 is 23.8 Å². The number of carbonyl (C=O) groups excluding carboxylic acids is 4. The highest BCUT2D eigenvalue weighted by molar-refractivity contribution is 6.23. The van der Waals surface area contributed by atoms with E-state index in [0.29, 0.717) is 29.5 Å². The molecule has 1 aromatic carbocycles. The molecule has 0 aliphatic carbocycles. The number of nitrogens with two attached hydrogens (primary N) is 1. The second-order valence-electron chi connectivity index (χ2n) is 7.88. The van der Waals surface area contributed by atoms with Crippen LogP contribution in [0, 0.1) is 11.8 Å². The summed E-state index contributed by atoms with van der Waals surface area (Å²) in [6.45, 7) is 4.51. The molecule has 2 saturated heterocycles. The van der Waals surface area contributed by atoms with Crippen LogP contribution in [0.15, 0.2) is 18.2 Å². The number of hydrogen-bond donors (Lipinski definition) is 2. The van der Waals surface area contributed by atoms with Crippen LogP contribution in [0.2, 0.25) is 0 Å². The van der Waals surface area contributed by atoms with Crippen molar-refractivity contribution in [1.82, 2.24) is 10.2 Å². The van der Waals surface area contributed by atoms with Gasteiger partial charge in [-0.1, -0.05) is 6.92 Å². The van der Waals surface area contributed by atoms with Crippen molar-refractivity contribution in [2.24, 2.45) is 17.6 Å². The van der Waals surface area contributed by atoms with E-state index in [1.807, 2.05) is 6.07 Å². The highest BCUT2D eigenvalue weighted by atomic mass is 16.2. The van der Waals surface area contributed by atoms with Gasteiger partial charge in [-0.3, -0.25) is 29.4 Å². The second kappa shape index (κ2) is 7.01. The van der Waals surface area contributed by atoms with E-state index in [1.54, 1.807) is 12.1 Å². The Morgan fingerprint density at radius 3 is 2.57 bits per heavy atom. The number of anilines is 1. The number of hydrogen-bond acceptors (Lipinski definition) is 6. The molecule has 4 rings (SSSR count). The molecule has 0 radical (unpaired) electrons. The summed E-state index contributed by atoms with van der Waals surface area (Å²) in [5, 5.41) is 2.21. The zero-order valence-electron chi connectivity index (χ0n) is 15.8. The van der Waals surface area contributed by atoms with Gasteiger partial charge < -0.3 is 10.6 Å². The molecule has 8 nitrogen and oxygen atoms in total. The molecule has 3 N–H and O–H groups in total. The lowest BCUT2D eigenvalue weighted by Gasteiger charge is -2.38. The lowest BCUT2D eigenvalue weighted by Crippen LogP contribution is -2.54. The number of rotatable bonds is 3. The van der Waals surface area contributed by atoms with Crippen molar-refractivity contribution >= 4 is 29.3 Å². The third-order valence-corrected chi connectivity index (χ3v) is 6.21. The van der Waals surface area contributed by atoms with Gasteiger partial charge in [-0.25, -0.2) is 0 Å². The zero-order chi connectivity index (χ0) is 20.0. The Bertz CT molecular complexity index is 868. The summed E-state index contributed by atoms with van der Waals surface area (Å²) >= 11 is 0. The molecule has 3 heterocycles. The fourth-order valence-electron chi connectivity index (χ4n) is 4.35. The lowest BCUT2D eigenvalue weighted by molar-refractivity contribution is -0.136. The van der Waals surface area contributed by atoms with E-state index in [9.17, 15) is 19.2 Å². The maximum atomic E-state index is 12.9. The van der Waals surface area contributed by atoms with Crippen LogP contribution in [0.3, 0.4) is 0 Å². The molecular formula is C20H24N4O4. The van der Waals surface area contributed by atoms with Crippen molar-refractivity contribution in [3.05, 3.63) is 29.3 Å². The molecule has 2 fully saturated rings. The Morgan fingerprint density at radius 1 is 1.11 bits per heavy atom. The first-order chi connectivity index (χ1) is 13.4. The van der Waals surface area contributed by atoms with Gasteiger partial charge in [0.25, 0.3) is 11.8 Å². The third-order valence-electron chi connectivity index (χ3n) is 6.21. The number of nitrogens with zero attached hydrogens (tertiary/aromatic N) is 2. The summed E-state index contributed by atoms with van der Waals surface area (Å²) in [6, 6.07) is 4.31. The minimum atomic E-state index is -0.939. The predicted octanol–water partition coefficient (Wildman–Crippen LogP) is 0.509. The van der Waals surface area contributed by atoms with Crippen LogP contribution in [0.1, 0.15) is 46.9 Å². The van der Waals surface area contributed by atoms with Crippen LogP contribution >= 0.6 is 0 Å². The maximum absolute atomic E-state index is 12.9. The molecular weight excluding hydrogens is 360 g/mol. The van der Waals surface area contributed by atoms with E-state index in [2.05, 4.69) is 17.1 Å². The Labute approximate surface area is 163 Å². The number of amides is 4. The van der Waals surface area contributed by atoms with Crippen LogP contribution < -0.4 is 16.0 Å². The molecule has 0 saturated carbocycles. The Hall–Kier alpha value is -2.74. The van der Waals surface area contributed by atoms with Gasteiger partial charge in [0.2, 0.25) is 11.8 Å². The standard InChI is InChI=1S/C20H24N4O4/c1-11-6-7-23(10-12(11)9-21)13-2-3-14-15(8-13)20(28)24(19(14)27)16-4-5-17(25)22-18(16)26/h2-3,8,11-12,16H,4-7,9-10,21H2,1H3,(H,22,25,26). The summed E-state index contributed by atoms with van der Waals surface area (Å²) in [5.74, 6) is -0.984. The first kappa shape index (κ1) is 18.6. The average Bonchev–Trinajstić information content (AvgIpc) is 2.93. The van der Waals surface area contributed by atoms with Gasteiger partial charge in [0, 0.05) is 25.2 Å². The van der Waals surface area contributed by atoms with Gasteiger partial charge in [0.05, 0.1) is 11.1 Å². The highest BCUT2D eigenvalue weighted by Crippen LogP contribution is 2.33. The van der Waals surface area contributed by atoms with Crippen molar-refractivity contribution in [3.8, 4) is 0 Å². The molecule has 3 unspecified atom stereocenters. The second-order valence-corrected chi connectivity index (χ2v) is 7.88. The SMILES string of the molecule is CC1CCN(c2ccc3c(c2)C(=O)N(C2CCC(=O)NC2=O)C3=O)CC1CN. The monoisotopic (exact) mass is 384 g/mol. The summed E-state index contributed by atoms with van der Waals surface area (Å²) in [6.07, 6.45) is 1.29. The number of fused-ring (bicyclic) bond motifs is 1. The summed E-state index contributed by atoms with van der Waals surface area (Å²) in [5.41, 5.74) is 7.40. The molecule has 1 aromatic rings. The molecule has 0 bridgehead atoms. The van der Waals surface area contributed by atoms with Gasteiger partial charge in [-0.2, -0.15) is 0 Å². The first-order valence-corrected chi connectivity index (χ1v) is 9.71. The molecule has 8 heteroatoms. The van der Waals surface area contributed by atoms with Crippen LogP contribution in [-0.2, 0) is 9.59 Å². The number of nitrogens with one attached hydrogen (secondary N) is 1.